The van der Waals surface area contributed by atoms with Crippen LogP contribution in [0.1, 0.15) is 25.3 Å². The average Bonchev–Trinajstić information content (AvgIpc) is 2.87. The first-order valence-electron chi connectivity index (χ1n) is 11.0. The number of sulfonamides is 1. The van der Waals surface area contributed by atoms with Gasteiger partial charge in [0.15, 0.2) is 4.90 Å². The molecule has 11 heteroatoms. The van der Waals surface area contributed by atoms with Gasteiger partial charge < -0.3 is 14.8 Å². The van der Waals surface area contributed by atoms with E-state index in [1.54, 1.807) is 12.1 Å². The minimum Gasteiger partial charge on any atom is -0.497 e. The molecule has 0 saturated carbocycles. The number of benzene rings is 3. The second-order valence-electron chi connectivity index (χ2n) is 8.10. The molecule has 0 aliphatic rings. The fourth-order valence-corrected chi connectivity index (χ4v) is 5.11. The van der Waals surface area contributed by atoms with Gasteiger partial charge in [-0.05, 0) is 41.8 Å². The molecular formula is C25H27N3O7S. The summed E-state index contributed by atoms with van der Waals surface area (Å²) in [6.07, 6.45) is 0. The van der Waals surface area contributed by atoms with Crippen molar-refractivity contribution in [1.82, 2.24) is 0 Å². The highest BCUT2D eigenvalue weighted by Crippen LogP contribution is 2.37. The lowest BCUT2D eigenvalue weighted by atomic mass is 10.0. The summed E-state index contributed by atoms with van der Waals surface area (Å²) in [7, 11) is -1.80. The highest BCUT2D eigenvalue weighted by Gasteiger charge is 2.34. The van der Waals surface area contributed by atoms with Gasteiger partial charge in [0, 0.05) is 17.8 Å². The third-order valence-electron chi connectivity index (χ3n) is 5.43. The Morgan fingerprint density at radius 3 is 2.28 bits per heavy atom. The number of methoxy groups -OCH3 is 2. The number of hydrogen-bond acceptors (Lipinski definition) is 7. The molecule has 10 nitrogen and oxygen atoms in total. The molecule has 0 aromatic heterocycles. The number of para-hydroxylation sites is 1. The summed E-state index contributed by atoms with van der Waals surface area (Å²) in [5.74, 6) is 0.158. The van der Waals surface area contributed by atoms with Gasteiger partial charge in [0.05, 0.1) is 24.8 Å². The van der Waals surface area contributed by atoms with Crippen molar-refractivity contribution >= 4 is 33.0 Å². The molecule has 0 bridgehead atoms. The first-order chi connectivity index (χ1) is 17.1. The third-order valence-corrected chi connectivity index (χ3v) is 7.24. The molecule has 0 radical (unpaired) electrons. The lowest BCUT2D eigenvalue weighted by Crippen LogP contribution is -2.38. The molecular weight excluding hydrogens is 486 g/mol. The van der Waals surface area contributed by atoms with Gasteiger partial charge in [0.1, 0.15) is 18.0 Å². The van der Waals surface area contributed by atoms with Gasteiger partial charge in [-0.25, -0.2) is 8.42 Å². The monoisotopic (exact) mass is 513 g/mol. The predicted octanol–water partition coefficient (Wildman–Crippen LogP) is 4.57. The maximum Gasteiger partial charge on any atom is 0.289 e. The lowest BCUT2D eigenvalue weighted by Gasteiger charge is -2.25. The standard InChI is InChI=1S/C25H27N3O7S/c1-17(2)18-9-11-19(12-10-18)26-25(29)16-27(21-14-13-20(34-3)15-23(21)35-4)36(32,33)24-8-6-5-7-22(24)28(30)31/h5-15,17H,16H2,1-4H3,(H,26,29). The Hall–Kier alpha value is -4.12. The third kappa shape index (κ3) is 5.74. The van der Waals surface area contributed by atoms with Crippen LogP contribution >= 0.6 is 0 Å². The van der Waals surface area contributed by atoms with Crippen LogP contribution in [-0.2, 0) is 14.8 Å². The van der Waals surface area contributed by atoms with Crippen LogP contribution in [0, 0.1) is 10.1 Å². The molecule has 1 N–H and O–H groups in total. The molecule has 1 amide bonds. The number of nitro groups is 1. The van der Waals surface area contributed by atoms with Crippen LogP contribution in [0.2, 0.25) is 0 Å². The normalized spacial score (nSPS) is 11.1. The van der Waals surface area contributed by atoms with E-state index in [1.807, 2.05) is 26.0 Å². The van der Waals surface area contributed by atoms with Crippen LogP contribution in [0.5, 0.6) is 11.5 Å². The zero-order chi connectivity index (χ0) is 26.5. The second kappa shape index (κ2) is 11.1. The lowest BCUT2D eigenvalue weighted by molar-refractivity contribution is -0.387. The van der Waals surface area contributed by atoms with Crippen LogP contribution in [0.3, 0.4) is 0 Å². The second-order valence-corrected chi connectivity index (χ2v) is 9.93. The first-order valence-corrected chi connectivity index (χ1v) is 12.4. The van der Waals surface area contributed by atoms with Crippen molar-refractivity contribution in [3.8, 4) is 11.5 Å². The van der Waals surface area contributed by atoms with E-state index in [2.05, 4.69) is 5.32 Å². The molecule has 190 valence electrons. The maximum absolute atomic E-state index is 13.7. The van der Waals surface area contributed by atoms with E-state index in [-0.39, 0.29) is 11.4 Å². The quantitative estimate of drug-likeness (QED) is 0.311. The summed E-state index contributed by atoms with van der Waals surface area (Å²) >= 11 is 0. The molecule has 3 aromatic rings. The Labute approximate surface area is 209 Å². The van der Waals surface area contributed by atoms with Gasteiger partial charge in [0.2, 0.25) is 5.91 Å². The van der Waals surface area contributed by atoms with Gasteiger partial charge in [0.25, 0.3) is 15.7 Å². The highest BCUT2D eigenvalue weighted by molar-refractivity contribution is 7.93. The summed E-state index contributed by atoms with van der Waals surface area (Å²) in [5, 5.41) is 14.3. The largest absolute Gasteiger partial charge is 0.497 e. The van der Waals surface area contributed by atoms with Gasteiger partial charge in [-0.15, -0.1) is 0 Å². The Balaban J connectivity index is 2.06. The average molecular weight is 514 g/mol. The smallest absolute Gasteiger partial charge is 0.289 e. The molecule has 0 heterocycles. The molecule has 0 fully saturated rings. The van der Waals surface area contributed by atoms with Crippen LogP contribution in [-0.4, -0.2) is 40.0 Å². The van der Waals surface area contributed by atoms with Gasteiger partial charge in [-0.3, -0.25) is 19.2 Å². The molecule has 3 rings (SSSR count). The van der Waals surface area contributed by atoms with Crippen molar-refractivity contribution in [2.45, 2.75) is 24.7 Å². The summed E-state index contributed by atoms with van der Waals surface area (Å²) in [6, 6.07) is 16.5. The molecule has 0 aliphatic carbocycles. The highest BCUT2D eigenvalue weighted by atomic mass is 32.2. The predicted molar refractivity (Wildman–Crippen MR) is 136 cm³/mol. The van der Waals surface area contributed by atoms with E-state index < -0.39 is 38.0 Å². The molecule has 0 aliphatic heterocycles. The molecule has 0 spiro atoms. The van der Waals surface area contributed by atoms with E-state index >= 15 is 0 Å². The summed E-state index contributed by atoms with van der Waals surface area (Å²) in [5.41, 5.74) is 0.965. The molecule has 0 unspecified atom stereocenters. The van der Waals surface area contributed by atoms with Crippen molar-refractivity contribution in [1.29, 1.82) is 0 Å². The number of rotatable bonds is 10. The minimum atomic E-state index is -4.58. The fourth-order valence-electron chi connectivity index (χ4n) is 3.52. The van der Waals surface area contributed by atoms with Crippen molar-refractivity contribution in [2.75, 3.05) is 30.4 Å². The number of amides is 1. The summed E-state index contributed by atoms with van der Waals surface area (Å²) in [4.78, 5) is 23.3. The number of nitro benzene ring substituents is 1. The number of hydrogen-bond donors (Lipinski definition) is 1. The number of nitrogens with one attached hydrogen (secondary N) is 1. The van der Waals surface area contributed by atoms with E-state index in [4.69, 9.17) is 9.47 Å². The number of carbonyl (C=O) groups is 1. The van der Waals surface area contributed by atoms with Gasteiger partial charge >= 0.3 is 0 Å². The fraction of sp³-hybridized carbons (Fsp3) is 0.240. The molecule has 36 heavy (non-hydrogen) atoms. The van der Waals surface area contributed by atoms with E-state index in [0.29, 0.717) is 17.4 Å². The minimum absolute atomic E-state index is 0.0155. The maximum atomic E-state index is 13.7. The van der Waals surface area contributed by atoms with Crippen LogP contribution in [0.15, 0.2) is 71.6 Å². The van der Waals surface area contributed by atoms with Crippen LogP contribution in [0.4, 0.5) is 17.1 Å². The Morgan fingerprint density at radius 2 is 1.69 bits per heavy atom. The number of carbonyl (C=O) groups excluding carboxylic acids is 1. The zero-order valence-electron chi connectivity index (χ0n) is 20.3. The zero-order valence-corrected chi connectivity index (χ0v) is 21.1. The van der Waals surface area contributed by atoms with E-state index in [9.17, 15) is 23.3 Å². The number of anilines is 2. The topological polar surface area (TPSA) is 128 Å². The first kappa shape index (κ1) is 26.5. The Kier molecular flexibility index (Phi) is 8.15. The number of ether oxygens (including phenoxy) is 2. The van der Waals surface area contributed by atoms with Gasteiger partial charge in [-0.2, -0.15) is 0 Å². The Bertz CT molecular complexity index is 1360. The van der Waals surface area contributed by atoms with Crippen LogP contribution < -0.4 is 19.1 Å². The van der Waals surface area contributed by atoms with Crippen molar-refractivity contribution in [3.05, 3.63) is 82.4 Å². The summed E-state index contributed by atoms with van der Waals surface area (Å²) < 4.78 is 38.8. The van der Waals surface area contributed by atoms with Crippen LogP contribution in [0.25, 0.3) is 0 Å². The SMILES string of the molecule is COc1ccc(N(CC(=O)Nc2ccc(C(C)C)cc2)S(=O)(=O)c2ccccc2[N+](=O)[O-])c(OC)c1. The summed E-state index contributed by atoms with van der Waals surface area (Å²) in [6.45, 7) is 3.42. The molecule has 0 atom stereocenters. The number of nitrogens with zero attached hydrogens (tertiary/aromatic N) is 2. The van der Waals surface area contributed by atoms with Crippen molar-refractivity contribution in [2.24, 2.45) is 0 Å². The van der Waals surface area contributed by atoms with Crippen molar-refractivity contribution in [3.63, 3.8) is 0 Å². The molecule has 0 saturated heterocycles. The van der Waals surface area contributed by atoms with E-state index in [0.717, 1.165) is 22.0 Å². The van der Waals surface area contributed by atoms with E-state index in [1.165, 1.54) is 44.6 Å². The van der Waals surface area contributed by atoms with Gasteiger partial charge in [-0.1, -0.05) is 38.1 Å². The Morgan fingerprint density at radius 1 is 1.03 bits per heavy atom. The molecule has 3 aromatic carbocycles. The van der Waals surface area contributed by atoms with Crippen molar-refractivity contribution < 1.29 is 27.6 Å².